The monoisotopic (exact) mass is 590 g/mol. The Bertz CT molecular complexity index is 2210. The second-order valence-electron chi connectivity index (χ2n) is 11.8. The average molecular weight is 591 g/mol. The van der Waals surface area contributed by atoms with E-state index in [4.69, 9.17) is 9.97 Å². The number of nitrogens with zero attached hydrogens (tertiary/aromatic N) is 4. The van der Waals surface area contributed by atoms with E-state index in [-0.39, 0.29) is 0 Å². The molecule has 0 N–H and O–H groups in total. The van der Waals surface area contributed by atoms with Crippen LogP contribution in [-0.4, -0.2) is 19.9 Å². The summed E-state index contributed by atoms with van der Waals surface area (Å²) in [5, 5.41) is 2.20. The molecule has 0 aliphatic rings. The molecule has 0 spiro atoms. The Kier molecular flexibility index (Phi) is 6.88. The quantitative estimate of drug-likeness (QED) is 0.200. The number of hydrogen-bond donors (Lipinski definition) is 0. The van der Waals surface area contributed by atoms with Gasteiger partial charge in [-0.15, -0.1) is 0 Å². The van der Waals surface area contributed by atoms with Crippen molar-refractivity contribution in [3.63, 3.8) is 0 Å². The molecular formula is C42H30N4. The second kappa shape index (κ2) is 11.5. The minimum absolute atomic E-state index is 0.682. The lowest BCUT2D eigenvalue weighted by atomic mass is 9.94. The topological polar surface area (TPSA) is 51.6 Å². The van der Waals surface area contributed by atoms with E-state index in [1.807, 2.05) is 24.5 Å². The molecule has 3 aromatic heterocycles. The molecule has 0 aliphatic carbocycles. The molecule has 0 bridgehead atoms. The Hall–Kier alpha value is -6.00. The molecule has 46 heavy (non-hydrogen) atoms. The fourth-order valence-corrected chi connectivity index (χ4v) is 5.92. The first-order valence-corrected chi connectivity index (χ1v) is 15.4. The van der Waals surface area contributed by atoms with Gasteiger partial charge in [0.1, 0.15) is 0 Å². The summed E-state index contributed by atoms with van der Waals surface area (Å²) >= 11 is 0. The molecule has 8 aromatic rings. The third-order valence-corrected chi connectivity index (χ3v) is 8.48. The summed E-state index contributed by atoms with van der Waals surface area (Å²) in [5.41, 5.74) is 13.6. The van der Waals surface area contributed by atoms with Crippen molar-refractivity contribution in [3.8, 4) is 56.2 Å². The highest BCUT2D eigenvalue weighted by molar-refractivity contribution is 5.89. The van der Waals surface area contributed by atoms with E-state index in [0.29, 0.717) is 5.82 Å². The molecule has 0 saturated carbocycles. The fourth-order valence-electron chi connectivity index (χ4n) is 5.92. The SMILES string of the molecule is Cc1ccc(-c2cc(-c3ccc(C)cc3)nc(-c3cc(-c4ccc5ncccc5c4)cc(-c4ccc5ncccc5c4)c3)n2)cc1. The van der Waals surface area contributed by atoms with Gasteiger partial charge in [-0.1, -0.05) is 83.9 Å². The van der Waals surface area contributed by atoms with Crippen LogP contribution in [0.25, 0.3) is 78.0 Å². The largest absolute Gasteiger partial charge is 0.256 e. The van der Waals surface area contributed by atoms with Gasteiger partial charge < -0.3 is 0 Å². The molecule has 0 fully saturated rings. The Morgan fingerprint density at radius 3 is 1.28 bits per heavy atom. The van der Waals surface area contributed by atoms with Gasteiger partial charge >= 0.3 is 0 Å². The van der Waals surface area contributed by atoms with Crippen molar-refractivity contribution in [2.75, 3.05) is 0 Å². The number of fused-ring (bicyclic) bond motifs is 2. The van der Waals surface area contributed by atoms with Gasteiger partial charge in [-0.05, 0) is 96.8 Å². The number of aromatic nitrogens is 4. The average Bonchev–Trinajstić information content (AvgIpc) is 3.11. The zero-order valence-electron chi connectivity index (χ0n) is 25.6. The summed E-state index contributed by atoms with van der Waals surface area (Å²) in [6.45, 7) is 4.21. The predicted octanol–water partition coefficient (Wildman–Crippen LogP) is 10.5. The number of benzene rings is 5. The highest BCUT2D eigenvalue weighted by Gasteiger charge is 2.14. The maximum atomic E-state index is 5.18. The third-order valence-electron chi connectivity index (χ3n) is 8.48. The van der Waals surface area contributed by atoms with Gasteiger partial charge in [-0.3, -0.25) is 9.97 Å². The van der Waals surface area contributed by atoms with Crippen molar-refractivity contribution in [3.05, 3.63) is 157 Å². The molecule has 3 heterocycles. The smallest absolute Gasteiger partial charge is 0.160 e. The molecule has 0 saturated heterocycles. The maximum Gasteiger partial charge on any atom is 0.160 e. The van der Waals surface area contributed by atoms with E-state index >= 15 is 0 Å². The predicted molar refractivity (Wildman–Crippen MR) is 189 cm³/mol. The lowest BCUT2D eigenvalue weighted by molar-refractivity contribution is 1.18. The van der Waals surface area contributed by atoms with Crippen molar-refractivity contribution in [2.45, 2.75) is 13.8 Å². The van der Waals surface area contributed by atoms with E-state index in [1.54, 1.807) is 0 Å². The van der Waals surface area contributed by atoms with Crippen LogP contribution in [0.3, 0.4) is 0 Å². The van der Waals surface area contributed by atoms with Crippen LogP contribution in [0, 0.1) is 13.8 Å². The molecule has 0 aliphatic heterocycles. The molecule has 0 unspecified atom stereocenters. The van der Waals surface area contributed by atoms with Crippen LogP contribution < -0.4 is 0 Å². The Morgan fingerprint density at radius 1 is 0.370 bits per heavy atom. The third kappa shape index (κ3) is 5.42. The van der Waals surface area contributed by atoms with Gasteiger partial charge in [0.2, 0.25) is 0 Å². The van der Waals surface area contributed by atoms with Crippen molar-refractivity contribution in [1.29, 1.82) is 0 Å². The van der Waals surface area contributed by atoms with Gasteiger partial charge in [0, 0.05) is 39.9 Å². The Labute approximate surface area is 268 Å². The zero-order chi connectivity index (χ0) is 31.0. The molecule has 4 heteroatoms. The van der Waals surface area contributed by atoms with Crippen LogP contribution in [-0.2, 0) is 0 Å². The number of pyridine rings is 2. The normalized spacial score (nSPS) is 11.3. The standard InChI is InChI=1S/C42H30N4/c1-27-7-11-29(12-8-27)40-26-41(30-13-9-28(2)10-14-30)46-42(45-40)37-24-35(31-15-17-38-33(21-31)5-3-19-43-38)23-36(25-37)32-16-18-39-34(22-32)6-4-20-44-39/h3-26H,1-2H3. The van der Waals surface area contributed by atoms with E-state index < -0.39 is 0 Å². The Morgan fingerprint density at radius 2 is 0.804 bits per heavy atom. The van der Waals surface area contributed by atoms with E-state index in [9.17, 15) is 0 Å². The number of rotatable bonds is 5. The second-order valence-corrected chi connectivity index (χ2v) is 11.8. The van der Waals surface area contributed by atoms with Gasteiger partial charge in [-0.25, -0.2) is 9.97 Å². The van der Waals surface area contributed by atoms with Crippen molar-refractivity contribution >= 4 is 21.8 Å². The summed E-state index contributed by atoms with van der Waals surface area (Å²) in [4.78, 5) is 19.4. The van der Waals surface area contributed by atoms with Gasteiger partial charge in [0.15, 0.2) is 5.82 Å². The molecule has 8 rings (SSSR count). The zero-order valence-corrected chi connectivity index (χ0v) is 25.6. The first-order chi connectivity index (χ1) is 22.6. The number of hydrogen-bond acceptors (Lipinski definition) is 4. The van der Waals surface area contributed by atoms with Crippen LogP contribution >= 0.6 is 0 Å². The molecule has 4 nitrogen and oxygen atoms in total. The molecule has 0 amide bonds. The number of aryl methyl sites for hydroxylation is 2. The van der Waals surface area contributed by atoms with Crippen molar-refractivity contribution in [1.82, 2.24) is 19.9 Å². The van der Waals surface area contributed by atoms with Crippen molar-refractivity contribution < 1.29 is 0 Å². The summed E-state index contributed by atoms with van der Waals surface area (Å²) in [6, 6.07) is 46.8. The van der Waals surface area contributed by atoms with Crippen LogP contribution in [0.5, 0.6) is 0 Å². The summed E-state index contributed by atoms with van der Waals surface area (Å²) in [7, 11) is 0. The Balaban J connectivity index is 1.36. The van der Waals surface area contributed by atoms with Crippen LogP contribution in [0.1, 0.15) is 11.1 Å². The highest BCUT2D eigenvalue weighted by atomic mass is 14.9. The molecular weight excluding hydrogens is 560 g/mol. The highest BCUT2D eigenvalue weighted by Crippen LogP contribution is 2.35. The molecule has 0 atom stereocenters. The van der Waals surface area contributed by atoms with Crippen LogP contribution in [0.4, 0.5) is 0 Å². The van der Waals surface area contributed by atoms with Crippen LogP contribution in [0.15, 0.2) is 146 Å². The lowest BCUT2D eigenvalue weighted by Crippen LogP contribution is -1.97. The minimum atomic E-state index is 0.682. The van der Waals surface area contributed by atoms with Gasteiger partial charge in [0.25, 0.3) is 0 Å². The minimum Gasteiger partial charge on any atom is -0.256 e. The summed E-state index contributed by atoms with van der Waals surface area (Å²) < 4.78 is 0. The maximum absolute atomic E-state index is 5.18. The molecule has 218 valence electrons. The fraction of sp³-hybridized carbons (Fsp3) is 0.0476. The van der Waals surface area contributed by atoms with E-state index in [2.05, 4.69) is 145 Å². The summed E-state index contributed by atoms with van der Waals surface area (Å²) in [5.74, 6) is 0.682. The summed E-state index contributed by atoms with van der Waals surface area (Å²) in [6.07, 6.45) is 3.67. The molecule has 0 radical (unpaired) electrons. The first-order valence-electron chi connectivity index (χ1n) is 15.4. The molecule has 5 aromatic carbocycles. The lowest BCUT2D eigenvalue weighted by Gasteiger charge is -2.14. The van der Waals surface area contributed by atoms with Gasteiger partial charge in [0.05, 0.1) is 22.4 Å². The van der Waals surface area contributed by atoms with Crippen molar-refractivity contribution in [2.24, 2.45) is 0 Å². The van der Waals surface area contributed by atoms with Crippen LogP contribution in [0.2, 0.25) is 0 Å². The van der Waals surface area contributed by atoms with E-state index in [0.717, 1.165) is 72.1 Å². The van der Waals surface area contributed by atoms with Gasteiger partial charge in [-0.2, -0.15) is 0 Å². The first kappa shape index (κ1) is 27.5. The van der Waals surface area contributed by atoms with E-state index in [1.165, 1.54) is 11.1 Å².